The lowest BCUT2D eigenvalue weighted by molar-refractivity contribution is -0.122. The monoisotopic (exact) mass is 221 g/mol. The van der Waals surface area contributed by atoms with E-state index < -0.39 is 0 Å². The van der Waals surface area contributed by atoms with Crippen molar-refractivity contribution < 1.29 is 4.79 Å². The maximum atomic E-state index is 11.8. The number of carbonyl (C=O) groups is 1. The number of aromatic nitrogens is 2. The molecule has 1 N–H and O–H groups in total. The largest absolute Gasteiger partial charge is 0.352 e. The second-order valence-corrected chi connectivity index (χ2v) is 4.53. The molecule has 0 aromatic carbocycles. The lowest BCUT2D eigenvalue weighted by Crippen LogP contribution is -2.38. The summed E-state index contributed by atoms with van der Waals surface area (Å²) in [6.45, 7) is 2.30. The van der Waals surface area contributed by atoms with Gasteiger partial charge in [0.1, 0.15) is 6.54 Å². The zero-order valence-electron chi connectivity index (χ0n) is 9.78. The van der Waals surface area contributed by atoms with E-state index in [2.05, 4.69) is 10.4 Å². The Kier molecular flexibility index (Phi) is 3.59. The predicted octanol–water partition coefficient (Wildman–Crippen LogP) is 1.64. The molecule has 0 unspecified atom stereocenters. The minimum Gasteiger partial charge on any atom is -0.352 e. The minimum atomic E-state index is 0.0821. The molecule has 1 fully saturated rings. The van der Waals surface area contributed by atoms with Gasteiger partial charge in [-0.25, -0.2) is 0 Å². The molecular formula is C12H19N3O. The molecule has 0 radical (unpaired) electrons. The topological polar surface area (TPSA) is 46.9 Å². The third kappa shape index (κ3) is 2.84. The van der Waals surface area contributed by atoms with Crippen LogP contribution in [0.3, 0.4) is 0 Å². The van der Waals surface area contributed by atoms with E-state index in [4.69, 9.17) is 0 Å². The van der Waals surface area contributed by atoms with Crippen LogP contribution in [0, 0.1) is 6.92 Å². The highest BCUT2D eigenvalue weighted by Gasteiger charge is 2.15. The average molecular weight is 221 g/mol. The maximum Gasteiger partial charge on any atom is 0.241 e. The van der Waals surface area contributed by atoms with Crippen molar-refractivity contribution in [3.8, 4) is 0 Å². The van der Waals surface area contributed by atoms with Gasteiger partial charge in [0.05, 0.1) is 0 Å². The second kappa shape index (κ2) is 5.14. The van der Waals surface area contributed by atoms with E-state index in [1.165, 1.54) is 19.3 Å². The van der Waals surface area contributed by atoms with E-state index in [-0.39, 0.29) is 5.91 Å². The summed E-state index contributed by atoms with van der Waals surface area (Å²) in [7, 11) is 0. The smallest absolute Gasteiger partial charge is 0.241 e. The quantitative estimate of drug-likeness (QED) is 0.843. The zero-order valence-corrected chi connectivity index (χ0v) is 9.78. The standard InChI is InChI=1S/C12H19N3O/c1-10-7-8-13-15(10)9-12(16)14-11-5-3-2-4-6-11/h7-8,11H,2-6,9H2,1H3,(H,14,16). The second-order valence-electron chi connectivity index (χ2n) is 4.53. The van der Waals surface area contributed by atoms with Crippen LogP contribution in [0.2, 0.25) is 0 Å². The van der Waals surface area contributed by atoms with Crippen LogP contribution in [-0.4, -0.2) is 21.7 Å². The number of nitrogens with zero attached hydrogens (tertiary/aromatic N) is 2. The molecule has 0 saturated heterocycles. The van der Waals surface area contributed by atoms with Crippen molar-refractivity contribution in [3.63, 3.8) is 0 Å². The van der Waals surface area contributed by atoms with Gasteiger partial charge in [-0.05, 0) is 25.8 Å². The summed E-state index contributed by atoms with van der Waals surface area (Å²) in [5.41, 5.74) is 1.03. The van der Waals surface area contributed by atoms with E-state index in [9.17, 15) is 4.79 Å². The average Bonchev–Trinajstić information content (AvgIpc) is 2.66. The first kappa shape index (κ1) is 11.2. The highest BCUT2D eigenvalue weighted by atomic mass is 16.2. The van der Waals surface area contributed by atoms with Crippen LogP contribution in [0.4, 0.5) is 0 Å². The van der Waals surface area contributed by atoms with Gasteiger partial charge in [0.2, 0.25) is 5.91 Å². The van der Waals surface area contributed by atoms with Crippen molar-refractivity contribution >= 4 is 5.91 Å². The van der Waals surface area contributed by atoms with Gasteiger partial charge in [-0.15, -0.1) is 0 Å². The van der Waals surface area contributed by atoms with Crippen LogP contribution in [0.5, 0.6) is 0 Å². The molecule has 1 amide bonds. The molecule has 16 heavy (non-hydrogen) atoms. The van der Waals surface area contributed by atoms with Crippen LogP contribution in [0.15, 0.2) is 12.3 Å². The Morgan fingerprint density at radius 2 is 2.25 bits per heavy atom. The van der Waals surface area contributed by atoms with E-state index in [1.54, 1.807) is 10.9 Å². The van der Waals surface area contributed by atoms with E-state index in [1.807, 2.05) is 13.0 Å². The minimum absolute atomic E-state index is 0.0821. The van der Waals surface area contributed by atoms with Gasteiger partial charge in [0.25, 0.3) is 0 Å². The lowest BCUT2D eigenvalue weighted by Gasteiger charge is -2.22. The molecule has 4 nitrogen and oxygen atoms in total. The van der Waals surface area contributed by atoms with Crippen LogP contribution < -0.4 is 5.32 Å². The van der Waals surface area contributed by atoms with Crippen LogP contribution in [0.25, 0.3) is 0 Å². The van der Waals surface area contributed by atoms with E-state index in [0.29, 0.717) is 12.6 Å². The Morgan fingerprint density at radius 3 is 2.88 bits per heavy atom. The molecule has 1 heterocycles. The highest BCUT2D eigenvalue weighted by molar-refractivity contribution is 5.76. The number of amides is 1. The number of nitrogens with one attached hydrogen (secondary N) is 1. The number of rotatable bonds is 3. The number of carbonyl (C=O) groups excluding carboxylic acids is 1. The van der Waals surface area contributed by atoms with Gasteiger partial charge in [-0.3, -0.25) is 9.48 Å². The lowest BCUT2D eigenvalue weighted by atomic mass is 9.95. The third-order valence-electron chi connectivity index (χ3n) is 3.19. The molecule has 88 valence electrons. The first-order chi connectivity index (χ1) is 7.75. The van der Waals surface area contributed by atoms with Gasteiger partial charge in [0.15, 0.2) is 0 Å². The molecule has 0 atom stereocenters. The summed E-state index contributed by atoms with van der Waals surface area (Å²) in [6.07, 6.45) is 7.78. The van der Waals surface area contributed by atoms with E-state index >= 15 is 0 Å². The molecule has 1 aliphatic rings. The Balaban J connectivity index is 1.82. The Morgan fingerprint density at radius 1 is 1.50 bits per heavy atom. The number of aryl methyl sites for hydroxylation is 1. The van der Waals surface area contributed by atoms with Crippen LogP contribution in [0.1, 0.15) is 37.8 Å². The van der Waals surface area contributed by atoms with Crippen molar-refractivity contribution in [2.45, 2.75) is 51.6 Å². The molecule has 1 saturated carbocycles. The van der Waals surface area contributed by atoms with Crippen molar-refractivity contribution in [1.82, 2.24) is 15.1 Å². The zero-order chi connectivity index (χ0) is 11.4. The highest BCUT2D eigenvalue weighted by Crippen LogP contribution is 2.17. The predicted molar refractivity (Wildman–Crippen MR) is 62.0 cm³/mol. The molecular weight excluding hydrogens is 202 g/mol. The fourth-order valence-electron chi connectivity index (χ4n) is 2.22. The van der Waals surface area contributed by atoms with Gasteiger partial charge < -0.3 is 5.32 Å². The first-order valence-electron chi connectivity index (χ1n) is 6.03. The van der Waals surface area contributed by atoms with Crippen LogP contribution in [-0.2, 0) is 11.3 Å². The van der Waals surface area contributed by atoms with Gasteiger partial charge in [-0.1, -0.05) is 19.3 Å². The summed E-state index contributed by atoms with van der Waals surface area (Å²) in [5.74, 6) is 0.0821. The molecule has 0 spiro atoms. The van der Waals surface area contributed by atoms with Crippen molar-refractivity contribution in [2.24, 2.45) is 0 Å². The Bertz CT molecular complexity index is 353. The summed E-state index contributed by atoms with van der Waals surface area (Å²) < 4.78 is 1.73. The van der Waals surface area contributed by atoms with Crippen molar-refractivity contribution in [1.29, 1.82) is 0 Å². The molecule has 1 aromatic heterocycles. The molecule has 0 aliphatic heterocycles. The number of hydrogen-bond donors (Lipinski definition) is 1. The third-order valence-corrected chi connectivity index (χ3v) is 3.19. The summed E-state index contributed by atoms with van der Waals surface area (Å²) in [5, 5.41) is 7.19. The maximum absolute atomic E-state index is 11.8. The summed E-state index contributed by atoms with van der Waals surface area (Å²) >= 11 is 0. The fourth-order valence-corrected chi connectivity index (χ4v) is 2.22. The molecule has 1 aliphatic carbocycles. The summed E-state index contributed by atoms with van der Waals surface area (Å²) in [4.78, 5) is 11.8. The SMILES string of the molecule is Cc1ccnn1CC(=O)NC1CCCCC1. The molecule has 0 bridgehead atoms. The summed E-state index contributed by atoms with van der Waals surface area (Å²) in [6, 6.07) is 2.30. The Hall–Kier alpha value is -1.32. The van der Waals surface area contributed by atoms with Gasteiger partial charge in [0, 0.05) is 17.9 Å². The number of hydrogen-bond acceptors (Lipinski definition) is 2. The van der Waals surface area contributed by atoms with Crippen LogP contribution >= 0.6 is 0 Å². The molecule has 4 heteroatoms. The van der Waals surface area contributed by atoms with Gasteiger partial charge >= 0.3 is 0 Å². The molecule has 2 rings (SSSR count). The normalized spacial score (nSPS) is 17.3. The van der Waals surface area contributed by atoms with Crippen molar-refractivity contribution in [2.75, 3.05) is 0 Å². The molecule has 1 aromatic rings. The fraction of sp³-hybridized carbons (Fsp3) is 0.667. The van der Waals surface area contributed by atoms with Crippen molar-refractivity contribution in [3.05, 3.63) is 18.0 Å². The van der Waals surface area contributed by atoms with E-state index in [0.717, 1.165) is 18.5 Å². The first-order valence-corrected chi connectivity index (χ1v) is 6.03. The Labute approximate surface area is 96.0 Å². The van der Waals surface area contributed by atoms with Gasteiger partial charge in [-0.2, -0.15) is 5.10 Å².